The van der Waals surface area contributed by atoms with Crippen LogP contribution in [0, 0.1) is 0 Å². The molecule has 0 saturated carbocycles. The van der Waals surface area contributed by atoms with E-state index >= 15 is 0 Å². The molecule has 0 aromatic heterocycles. The lowest BCUT2D eigenvalue weighted by Crippen LogP contribution is -2.09. The van der Waals surface area contributed by atoms with E-state index in [1.165, 1.54) is 0 Å². The van der Waals surface area contributed by atoms with Crippen molar-refractivity contribution in [2.75, 3.05) is 0 Å². The number of hydrogen-bond acceptors (Lipinski definition) is 2. The van der Waals surface area contributed by atoms with Gasteiger partial charge in [0, 0.05) is 10.0 Å². The fourth-order valence-electron chi connectivity index (χ4n) is 0.316. The van der Waals surface area contributed by atoms with Crippen molar-refractivity contribution in [2.45, 2.75) is 26.4 Å². The van der Waals surface area contributed by atoms with E-state index in [0.29, 0.717) is 6.42 Å². The van der Waals surface area contributed by atoms with Crippen molar-refractivity contribution in [3.05, 3.63) is 10.4 Å². The highest BCUT2D eigenvalue weighted by molar-refractivity contribution is 5.68. The number of hydrogen-bond donors (Lipinski definition) is 0. The first-order valence-corrected chi connectivity index (χ1v) is 2.96. The van der Waals surface area contributed by atoms with Crippen LogP contribution in [0.3, 0.4) is 0 Å². The Hall–Kier alpha value is -1.22. The van der Waals surface area contributed by atoms with Crippen LogP contribution in [-0.4, -0.2) is 12.2 Å². The standard InChI is InChI=1S/C5H9N3O2/c1-3-4(2)10-5(9)7-8-6/h4H,3H2,1-2H3. The number of azide groups is 1. The number of carbonyl (C=O) groups is 1. The van der Waals surface area contributed by atoms with Crippen molar-refractivity contribution in [3.63, 3.8) is 0 Å². The fourth-order valence-corrected chi connectivity index (χ4v) is 0.316. The van der Waals surface area contributed by atoms with Crippen molar-refractivity contribution in [3.8, 4) is 0 Å². The molecule has 0 N–H and O–H groups in total. The molecular weight excluding hydrogens is 134 g/mol. The molecule has 0 aliphatic carbocycles. The van der Waals surface area contributed by atoms with E-state index in [-0.39, 0.29) is 6.10 Å². The highest BCUT2D eigenvalue weighted by Gasteiger charge is 2.03. The first-order valence-electron chi connectivity index (χ1n) is 2.96. The summed E-state index contributed by atoms with van der Waals surface area (Å²) in [6.45, 7) is 3.60. The minimum absolute atomic E-state index is 0.182. The molecule has 0 aliphatic heterocycles. The van der Waals surface area contributed by atoms with Gasteiger partial charge in [-0.25, -0.2) is 4.79 Å². The molecule has 0 radical (unpaired) electrons. The zero-order valence-electron chi connectivity index (χ0n) is 5.94. The van der Waals surface area contributed by atoms with Gasteiger partial charge in [0.2, 0.25) is 0 Å². The van der Waals surface area contributed by atoms with Crippen molar-refractivity contribution in [1.82, 2.24) is 0 Å². The molecule has 1 unspecified atom stereocenters. The van der Waals surface area contributed by atoms with Gasteiger partial charge in [-0.3, -0.25) is 0 Å². The molecule has 10 heavy (non-hydrogen) atoms. The monoisotopic (exact) mass is 143 g/mol. The summed E-state index contributed by atoms with van der Waals surface area (Å²) >= 11 is 0. The summed E-state index contributed by atoms with van der Waals surface area (Å²) in [5, 5.41) is 2.73. The Bertz CT molecular complexity index is 162. The third-order valence-electron chi connectivity index (χ3n) is 1.00. The number of nitrogens with zero attached hydrogens (tertiary/aromatic N) is 3. The number of rotatable bonds is 2. The molecular formula is C5H9N3O2. The molecule has 0 rings (SSSR count). The van der Waals surface area contributed by atoms with Gasteiger partial charge in [0.15, 0.2) is 0 Å². The van der Waals surface area contributed by atoms with Crippen LogP contribution in [0.2, 0.25) is 0 Å². The average Bonchev–Trinajstić information content (AvgIpc) is 1.88. The molecule has 1 amide bonds. The predicted molar refractivity (Wildman–Crippen MR) is 35.4 cm³/mol. The number of amides is 1. The lowest BCUT2D eigenvalue weighted by atomic mass is 10.3. The molecule has 0 aromatic rings. The third-order valence-corrected chi connectivity index (χ3v) is 1.00. The van der Waals surface area contributed by atoms with Crippen LogP contribution >= 0.6 is 0 Å². The highest BCUT2D eigenvalue weighted by atomic mass is 16.6. The Labute approximate surface area is 58.6 Å². The summed E-state index contributed by atoms with van der Waals surface area (Å²) in [6.07, 6.45) is -0.331. The summed E-state index contributed by atoms with van der Waals surface area (Å²) in [5.74, 6) is 0. The maximum Gasteiger partial charge on any atom is 0.397 e. The SMILES string of the molecule is CCC(C)OC(=O)N=[N+]=[N-]. The summed E-state index contributed by atoms with van der Waals surface area (Å²) < 4.78 is 4.58. The van der Waals surface area contributed by atoms with Gasteiger partial charge in [-0.1, -0.05) is 6.92 Å². The van der Waals surface area contributed by atoms with Crippen molar-refractivity contribution in [2.24, 2.45) is 5.11 Å². The Morgan fingerprint density at radius 1 is 1.90 bits per heavy atom. The molecule has 5 heteroatoms. The molecule has 0 saturated heterocycles. The van der Waals surface area contributed by atoms with Crippen molar-refractivity contribution in [1.29, 1.82) is 0 Å². The van der Waals surface area contributed by atoms with E-state index in [1.807, 2.05) is 6.92 Å². The second kappa shape index (κ2) is 4.64. The van der Waals surface area contributed by atoms with Crippen LogP contribution in [0.4, 0.5) is 4.79 Å². The minimum Gasteiger partial charge on any atom is -0.458 e. The van der Waals surface area contributed by atoms with Crippen LogP contribution in [0.15, 0.2) is 5.11 Å². The van der Waals surface area contributed by atoms with E-state index in [1.54, 1.807) is 6.92 Å². The van der Waals surface area contributed by atoms with E-state index < -0.39 is 6.09 Å². The van der Waals surface area contributed by atoms with Crippen molar-refractivity contribution >= 4 is 6.09 Å². The third kappa shape index (κ3) is 3.74. The van der Waals surface area contributed by atoms with Gasteiger partial charge in [-0.2, -0.15) is 0 Å². The number of ether oxygens (including phenoxy) is 1. The number of carbonyl (C=O) groups excluding carboxylic acids is 1. The summed E-state index contributed by atoms with van der Waals surface area (Å²) in [6, 6.07) is 0. The lowest BCUT2D eigenvalue weighted by Gasteiger charge is -2.06. The average molecular weight is 143 g/mol. The Balaban J connectivity index is 3.67. The molecule has 0 aliphatic rings. The zero-order valence-corrected chi connectivity index (χ0v) is 5.94. The van der Waals surface area contributed by atoms with Gasteiger partial charge in [0.1, 0.15) is 0 Å². The van der Waals surface area contributed by atoms with E-state index in [4.69, 9.17) is 5.53 Å². The Kier molecular flexibility index (Phi) is 4.07. The first kappa shape index (κ1) is 8.78. The van der Waals surface area contributed by atoms with Crippen LogP contribution in [0.5, 0.6) is 0 Å². The normalized spacial score (nSPS) is 11.4. The van der Waals surface area contributed by atoms with Crippen LogP contribution in [0.1, 0.15) is 20.3 Å². The minimum atomic E-state index is -0.864. The van der Waals surface area contributed by atoms with Gasteiger partial charge in [0.25, 0.3) is 0 Å². The van der Waals surface area contributed by atoms with E-state index in [2.05, 4.69) is 14.8 Å². The van der Waals surface area contributed by atoms with Crippen LogP contribution < -0.4 is 0 Å². The molecule has 0 heterocycles. The molecule has 0 bridgehead atoms. The molecule has 56 valence electrons. The van der Waals surface area contributed by atoms with Gasteiger partial charge < -0.3 is 4.74 Å². The molecule has 5 nitrogen and oxygen atoms in total. The molecule has 0 fully saturated rings. The van der Waals surface area contributed by atoms with Crippen LogP contribution in [0.25, 0.3) is 10.4 Å². The molecule has 0 spiro atoms. The Morgan fingerprint density at radius 3 is 2.90 bits per heavy atom. The largest absolute Gasteiger partial charge is 0.458 e. The van der Waals surface area contributed by atoms with E-state index in [9.17, 15) is 4.79 Å². The van der Waals surface area contributed by atoms with Crippen molar-refractivity contribution < 1.29 is 9.53 Å². The molecule has 1 atom stereocenters. The fraction of sp³-hybridized carbons (Fsp3) is 0.800. The Morgan fingerprint density at radius 2 is 2.50 bits per heavy atom. The van der Waals surface area contributed by atoms with Gasteiger partial charge in [-0.05, 0) is 18.9 Å². The predicted octanol–water partition coefficient (Wildman–Crippen LogP) is 2.23. The first-order chi connectivity index (χ1) is 4.70. The highest BCUT2D eigenvalue weighted by Crippen LogP contribution is 1.97. The van der Waals surface area contributed by atoms with Gasteiger partial charge in [-0.15, -0.1) is 0 Å². The second-order valence-corrected chi connectivity index (χ2v) is 1.79. The van der Waals surface area contributed by atoms with E-state index in [0.717, 1.165) is 0 Å². The summed E-state index contributed by atoms with van der Waals surface area (Å²) in [5.41, 5.74) is 7.78. The van der Waals surface area contributed by atoms with Gasteiger partial charge in [0.05, 0.1) is 6.10 Å². The maximum atomic E-state index is 10.4. The summed E-state index contributed by atoms with van der Waals surface area (Å²) in [4.78, 5) is 12.6. The zero-order chi connectivity index (χ0) is 7.98. The maximum absolute atomic E-state index is 10.4. The lowest BCUT2D eigenvalue weighted by molar-refractivity contribution is 0.114. The second-order valence-electron chi connectivity index (χ2n) is 1.79. The smallest absolute Gasteiger partial charge is 0.397 e. The summed E-state index contributed by atoms with van der Waals surface area (Å²) in [7, 11) is 0. The topological polar surface area (TPSA) is 75.1 Å². The van der Waals surface area contributed by atoms with Crippen LogP contribution in [-0.2, 0) is 4.74 Å². The van der Waals surface area contributed by atoms with Gasteiger partial charge >= 0.3 is 6.09 Å². The molecule has 0 aromatic carbocycles. The quantitative estimate of drug-likeness (QED) is 0.337.